The van der Waals surface area contributed by atoms with E-state index >= 15 is 0 Å². The van der Waals surface area contributed by atoms with Gasteiger partial charge in [-0.1, -0.05) is 57.8 Å². The van der Waals surface area contributed by atoms with Crippen LogP contribution in [0.4, 0.5) is 0 Å². The monoisotopic (exact) mass is 415 g/mol. The van der Waals surface area contributed by atoms with Crippen LogP contribution in [-0.2, 0) is 4.79 Å². The Hall–Kier alpha value is -1.55. The molecule has 29 heavy (non-hydrogen) atoms. The van der Waals surface area contributed by atoms with E-state index in [2.05, 4.69) is 44.1 Å². The zero-order chi connectivity index (χ0) is 20.8. The maximum Gasteiger partial charge on any atom is 0.267 e. The van der Waals surface area contributed by atoms with Gasteiger partial charge in [0.15, 0.2) is 0 Å². The number of fused-ring (bicyclic) bond motifs is 2. The van der Waals surface area contributed by atoms with E-state index in [-0.39, 0.29) is 23.4 Å². The molecule has 2 bridgehead atoms. The highest BCUT2D eigenvalue weighted by Gasteiger charge is 2.61. The van der Waals surface area contributed by atoms with Crippen molar-refractivity contribution in [1.29, 1.82) is 0 Å². The Morgan fingerprint density at radius 2 is 2.14 bits per heavy atom. The predicted octanol–water partition coefficient (Wildman–Crippen LogP) is 5.57. The number of amides is 1. The summed E-state index contributed by atoms with van der Waals surface area (Å²) in [6.07, 6.45) is 6.40. The second-order valence-electron chi connectivity index (χ2n) is 9.97. The molecule has 1 N–H and O–H groups in total. The zero-order valence-electron chi connectivity index (χ0n) is 18.2. The minimum atomic E-state index is 0.0191. The Kier molecular flexibility index (Phi) is 5.43. The fourth-order valence-corrected chi connectivity index (χ4v) is 6.08. The first-order valence-electron chi connectivity index (χ1n) is 11.2. The van der Waals surface area contributed by atoms with Crippen LogP contribution < -0.4 is 5.32 Å². The van der Waals surface area contributed by atoms with Crippen molar-refractivity contribution >= 4 is 23.2 Å². The van der Waals surface area contributed by atoms with Crippen LogP contribution in [0.5, 0.6) is 0 Å². The van der Waals surface area contributed by atoms with Gasteiger partial charge in [0.2, 0.25) is 0 Å². The number of halogens is 1. The average Bonchev–Trinajstić information content (AvgIpc) is 3.26. The second-order valence-corrected chi connectivity index (χ2v) is 10.4. The Morgan fingerprint density at radius 3 is 2.76 bits per heavy atom. The van der Waals surface area contributed by atoms with Gasteiger partial charge < -0.3 is 5.32 Å². The lowest BCUT2D eigenvalue weighted by molar-refractivity contribution is -0.116. The first-order chi connectivity index (χ1) is 13.8. The van der Waals surface area contributed by atoms with E-state index in [0.717, 1.165) is 36.4 Å². The van der Waals surface area contributed by atoms with E-state index in [1.807, 2.05) is 18.2 Å². The molecule has 2 aliphatic carbocycles. The van der Waals surface area contributed by atoms with Gasteiger partial charge in [-0.3, -0.25) is 9.80 Å². The molecule has 1 amide bonds. The lowest BCUT2D eigenvalue weighted by Crippen LogP contribution is -2.48. The van der Waals surface area contributed by atoms with Gasteiger partial charge in [0.25, 0.3) is 5.91 Å². The third-order valence-electron chi connectivity index (χ3n) is 8.33. The summed E-state index contributed by atoms with van der Waals surface area (Å²) in [6.45, 7) is 10.2. The fraction of sp³-hybridized carbons (Fsp3) is 0.667. The molecule has 2 fully saturated rings. The molecule has 1 aliphatic heterocycles. The Bertz CT molecular complexity index is 820. The maximum absolute atomic E-state index is 13.2. The number of hydrogen-bond acceptors (Lipinski definition) is 3. The molecule has 5 heteroatoms. The van der Waals surface area contributed by atoms with E-state index in [0.29, 0.717) is 23.5 Å². The summed E-state index contributed by atoms with van der Waals surface area (Å²) in [5, 5.41) is 11.0. The largest absolute Gasteiger partial charge is 0.348 e. The first-order valence-corrected chi connectivity index (χ1v) is 11.5. The minimum Gasteiger partial charge on any atom is -0.348 e. The smallest absolute Gasteiger partial charge is 0.267 e. The summed E-state index contributed by atoms with van der Waals surface area (Å²) < 4.78 is 0. The minimum absolute atomic E-state index is 0.0191. The summed E-state index contributed by atoms with van der Waals surface area (Å²) >= 11 is 6.23. The molecule has 4 nitrogen and oxygen atoms in total. The summed E-state index contributed by atoms with van der Waals surface area (Å²) in [6, 6.07) is 8.30. The van der Waals surface area contributed by atoms with Crippen molar-refractivity contribution in [3.63, 3.8) is 0 Å². The van der Waals surface area contributed by atoms with Crippen LogP contribution in [0.1, 0.15) is 77.8 Å². The quantitative estimate of drug-likeness (QED) is 0.659. The number of carbonyl (C=O) groups excluding carboxylic acids is 1. The van der Waals surface area contributed by atoms with Crippen molar-refractivity contribution in [2.45, 2.75) is 78.3 Å². The van der Waals surface area contributed by atoms with Crippen LogP contribution in [0.25, 0.3) is 0 Å². The van der Waals surface area contributed by atoms with Gasteiger partial charge in [-0.25, -0.2) is 0 Å². The molecule has 1 aromatic carbocycles. The van der Waals surface area contributed by atoms with E-state index in [9.17, 15) is 4.79 Å². The number of rotatable bonds is 6. The van der Waals surface area contributed by atoms with Crippen molar-refractivity contribution < 1.29 is 4.79 Å². The molecule has 4 atom stereocenters. The van der Waals surface area contributed by atoms with Crippen molar-refractivity contribution in [1.82, 2.24) is 10.3 Å². The molecule has 0 saturated heterocycles. The number of nitrogens with one attached hydrogen (secondary N) is 1. The molecule has 1 aromatic rings. The van der Waals surface area contributed by atoms with Crippen LogP contribution in [0.15, 0.2) is 29.4 Å². The van der Waals surface area contributed by atoms with Crippen LogP contribution >= 0.6 is 11.6 Å². The van der Waals surface area contributed by atoms with Crippen molar-refractivity contribution in [2.75, 3.05) is 6.54 Å². The topological polar surface area (TPSA) is 44.7 Å². The van der Waals surface area contributed by atoms with Crippen LogP contribution in [0.2, 0.25) is 5.02 Å². The molecule has 158 valence electrons. The molecule has 0 radical (unpaired) electrons. The molecular formula is C24H34ClN3O. The lowest BCUT2D eigenvalue weighted by Gasteiger charge is -2.39. The normalized spacial score (nSPS) is 32.5. The highest BCUT2D eigenvalue weighted by Crippen LogP contribution is 2.65. The molecule has 3 aliphatic rings. The van der Waals surface area contributed by atoms with Crippen molar-refractivity contribution in [3.05, 3.63) is 34.9 Å². The Morgan fingerprint density at radius 1 is 1.34 bits per heavy atom. The van der Waals surface area contributed by atoms with Crippen LogP contribution in [0.3, 0.4) is 0 Å². The zero-order valence-corrected chi connectivity index (χ0v) is 18.9. The van der Waals surface area contributed by atoms with Crippen LogP contribution in [-0.4, -0.2) is 29.2 Å². The fourth-order valence-electron chi connectivity index (χ4n) is 5.89. The van der Waals surface area contributed by atoms with E-state index in [4.69, 9.17) is 16.7 Å². The predicted molar refractivity (Wildman–Crippen MR) is 119 cm³/mol. The standard InChI is InChI=1S/C24H34ClN3O/c1-5-6-12-28-20(16-8-7-9-18(25)13-16)15-19(27-28)22(29)26-21-14-17-10-11-24(21,4)23(17,2)3/h7-9,13,17,20-21H,5-6,10-12,14-15H2,1-4H3,(H,26,29)/t17-,20?,21-,24-/m0/s1. The number of nitrogens with zero attached hydrogens (tertiary/aromatic N) is 2. The molecule has 0 aromatic heterocycles. The van der Waals surface area contributed by atoms with E-state index < -0.39 is 0 Å². The molecule has 4 rings (SSSR count). The summed E-state index contributed by atoms with van der Waals surface area (Å²) in [4.78, 5) is 13.2. The Labute approximate surface area is 180 Å². The number of unbranched alkanes of at least 4 members (excludes halogenated alkanes) is 1. The molecule has 1 heterocycles. The number of hydrazone groups is 1. The Balaban J connectivity index is 1.50. The van der Waals surface area contributed by atoms with Crippen molar-refractivity contribution in [3.8, 4) is 0 Å². The highest BCUT2D eigenvalue weighted by molar-refractivity contribution is 6.39. The average molecular weight is 416 g/mol. The summed E-state index contributed by atoms with van der Waals surface area (Å²) in [7, 11) is 0. The number of hydrogen-bond donors (Lipinski definition) is 1. The molecule has 1 unspecified atom stereocenters. The van der Waals surface area contributed by atoms with Gasteiger partial charge in [-0.15, -0.1) is 0 Å². The van der Waals surface area contributed by atoms with Crippen molar-refractivity contribution in [2.24, 2.45) is 21.8 Å². The van der Waals surface area contributed by atoms with Gasteiger partial charge in [0.05, 0.1) is 6.04 Å². The van der Waals surface area contributed by atoms with Gasteiger partial charge in [0.1, 0.15) is 5.71 Å². The lowest BCUT2D eigenvalue weighted by atomic mass is 9.69. The first kappa shape index (κ1) is 20.7. The SMILES string of the molecule is CCCCN1N=C(C(=O)N[C@H]2C[C@@H]3CC[C@]2(C)C3(C)C)CC1c1cccc(Cl)c1. The van der Waals surface area contributed by atoms with Crippen LogP contribution in [0, 0.1) is 16.7 Å². The second kappa shape index (κ2) is 7.61. The third kappa shape index (κ3) is 3.48. The maximum atomic E-state index is 13.2. The van der Waals surface area contributed by atoms with Gasteiger partial charge in [-0.2, -0.15) is 5.10 Å². The summed E-state index contributed by atoms with van der Waals surface area (Å²) in [5.74, 6) is 0.731. The number of benzene rings is 1. The third-order valence-corrected chi connectivity index (χ3v) is 8.57. The highest BCUT2D eigenvalue weighted by atomic mass is 35.5. The van der Waals surface area contributed by atoms with E-state index in [1.54, 1.807) is 0 Å². The molecule has 0 spiro atoms. The number of carbonyl (C=O) groups is 1. The van der Waals surface area contributed by atoms with Gasteiger partial charge in [-0.05, 0) is 60.1 Å². The van der Waals surface area contributed by atoms with E-state index in [1.165, 1.54) is 12.8 Å². The summed E-state index contributed by atoms with van der Waals surface area (Å²) in [5.41, 5.74) is 2.27. The van der Waals surface area contributed by atoms with Gasteiger partial charge >= 0.3 is 0 Å². The molecule has 2 saturated carbocycles. The molecular weight excluding hydrogens is 382 g/mol. The van der Waals surface area contributed by atoms with Gasteiger partial charge in [0, 0.05) is 24.0 Å².